The summed E-state index contributed by atoms with van der Waals surface area (Å²) in [6, 6.07) is 6.90. The predicted molar refractivity (Wildman–Crippen MR) is 70.4 cm³/mol. The molecule has 88 valence electrons. The van der Waals surface area contributed by atoms with Crippen LogP contribution < -0.4 is 10.2 Å². The van der Waals surface area contributed by atoms with Gasteiger partial charge in [-0.05, 0) is 30.0 Å². The molecule has 1 aliphatic rings. The second-order valence-electron chi connectivity index (χ2n) is 4.94. The molecule has 1 heterocycles. The fraction of sp³-hybridized carbons (Fsp3) is 0.571. The number of anilines is 1. The third kappa shape index (κ3) is 2.38. The summed E-state index contributed by atoms with van der Waals surface area (Å²) in [7, 11) is 0. The Bertz CT molecular complexity index is 352. The van der Waals surface area contributed by atoms with Crippen LogP contribution in [0.1, 0.15) is 30.9 Å². The summed E-state index contributed by atoms with van der Waals surface area (Å²) in [5, 5.41) is 3.39. The Hall–Kier alpha value is -1.02. The highest BCUT2D eigenvalue weighted by Crippen LogP contribution is 2.24. The summed E-state index contributed by atoms with van der Waals surface area (Å²) in [5.41, 5.74) is 4.26. The van der Waals surface area contributed by atoms with Gasteiger partial charge in [0.25, 0.3) is 0 Å². The minimum Gasteiger partial charge on any atom is -0.369 e. The minimum absolute atomic E-state index is 0.621. The van der Waals surface area contributed by atoms with Gasteiger partial charge in [0.05, 0.1) is 0 Å². The lowest BCUT2D eigenvalue weighted by molar-refractivity contribution is 0.588. The average Bonchev–Trinajstić information content (AvgIpc) is 2.30. The lowest BCUT2D eigenvalue weighted by Crippen LogP contribution is -2.43. The van der Waals surface area contributed by atoms with Crippen molar-refractivity contribution in [2.24, 2.45) is 0 Å². The van der Waals surface area contributed by atoms with Gasteiger partial charge in [0.2, 0.25) is 0 Å². The smallest absolute Gasteiger partial charge is 0.0397 e. The highest BCUT2D eigenvalue weighted by atomic mass is 15.2. The van der Waals surface area contributed by atoms with E-state index < -0.39 is 0 Å². The summed E-state index contributed by atoms with van der Waals surface area (Å²) >= 11 is 0. The highest BCUT2D eigenvalue weighted by Gasteiger charge is 2.12. The standard InChI is InChI=1S/C14H22N2/c1-11(2)13-4-5-14(12(3)10-13)16-8-6-15-7-9-16/h4-5,10-11,15H,6-9H2,1-3H3. The van der Waals surface area contributed by atoms with E-state index in [1.54, 1.807) is 0 Å². The van der Waals surface area contributed by atoms with Crippen molar-refractivity contribution in [2.75, 3.05) is 31.1 Å². The monoisotopic (exact) mass is 218 g/mol. The van der Waals surface area contributed by atoms with Crippen LogP contribution in [0.4, 0.5) is 5.69 Å². The first kappa shape index (κ1) is 11.5. The molecule has 2 heteroatoms. The second kappa shape index (κ2) is 4.88. The van der Waals surface area contributed by atoms with E-state index in [0.717, 1.165) is 26.2 Å². The average molecular weight is 218 g/mol. The molecule has 2 rings (SSSR count). The molecule has 0 aliphatic carbocycles. The summed E-state index contributed by atoms with van der Waals surface area (Å²) in [4.78, 5) is 2.48. The lowest BCUT2D eigenvalue weighted by atomic mass is 10.00. The molecule has 0 saturated carbocycles. The van der Waals surface area contributed by atoms with E-state index in [1.165, 1.54) is 16.8 Å². The zero-order valence-electron chi connectivity index (χ0n) is 10.6. The van der Waals surface area contributed by atoms with Crippen molar-refractivity contribution in [3.05, 3.63) is 29.3 Å². The Labute approximate surface area is 98.7 Å². The topological polar surface area (TPSA) is 15.3 Å². The van der Waals surface area contributed by atoms with E-state index in [-0.39, 0.29) is 0 Å². The van der Waals surface area contributed by atoms with Crippen LogP contribution >= 0.6 is 0 Å². The van der Waals surface area contributed by atoms with E-state index in [0.29, 0.717) is 5.92 Å². The number of piperazine rings is 1. The Kier molecular flexibility index (Phi) is 3.49. The van der Waals surface area contributed by atoms with Crippen molar-refractivity contribution >= 4 is 5.69 Å². The van der Waals surface area contributed by atoms with Gasteiger partial charge in [-0.2, -0.15) is 0 Å². The summed E-state index contributed by atoms with van der Waals surface area (Å²) in [6.45, 7) is 11.2. The number of aryl methyl sites for hydroxylation is 1. The molecule has 0 radical (unpaired) electrons. The number of hydrogen-bond acceptors (Lipinski definition) is 2. The van der Waals surface area contributed by atoms with E-state index in [9.17, 15) is 0 Å². The molecule has 0 amide bonds. The Morgan fingerprint density at radius 2 is 1.88 bits per heavy atom. The normalized spacial score (nSPS) is 16.9. The van der Waals surface area contributed by atoms with Gasteiger partial charge >= 0.3 is 0 Å². The lowest BCUT2D eigenvalue weighted by Gasteiger charge is -2.31. The highest BCUT2D eigenvalue weighted by molar-refractivity contribution is 5.55. The fourth-order valence-electron chi connectivity index (χ4n) is 2.30. The van der Waals surface area contributed by atoms with Crippen LogP contribution in [0.2, 0.25) is 0 Å². The number of nitrogens with zero attached hydrogens (tertiary/aromatic N) is 1. The minimum atomic E-state index is 0.621. The van der Waals surface area contributed by atoms with Gasteiger partial charge in [0, 0.05) is 31.9 Å². The summed E-state index contributed by atoms with van der Waals surface area (Å²) in [5.74, 6) is 0.621. The molecule has 1 aromatic carbocycles. The zero-order chi connectivity index (χ0) is 11.5. The second-order valence-corrected chi connectivity index (χ2v) is 4.94. The maximum atomic E-state index is 3.39. The Morgan fingerprint density at radius 1 is 1.19 bits per heavy atom. The SMILES string of the molecule is Cc1cc(C(C)C)ccc1N1CCNCC1. The quantitative estimate of drug-likeness (QED) is 0.820. The van der Waals surface area contributed by atoms with Gasteiger partial charge in [-0.15, -0.1) is 0 Å². The first-order chi connectivity index (χ1) is 7.68. The van der Waals surface area contributed by atoms with Crippen LogP contribution in [0.5, 0.6) is 0 Å². The van der Waals surface area contributed by atoms with Gasteiger partial charge in [-0.3, -0.25) is 0 Å². The Balaban J connectivity index is 2.21. The van der Waals surface area contributed by atoms with E-state index in [2.05, 4.69) is 49.2 Å². The zero-order valence-corrected chi connectivity index (χ0v) is 10.6. The molecule has 2 nitrogen and oxygen atoms in total. The summed E-state index contributed by atoms with van der Waals surface area (Å²) < 4.78 is 0. The number of rotatable bonds is 2. The molecule has 1 fully saturated rings. The molecule has 1 aliphatic heterocycles. The summed E-state index contributed by atoms with van der Waals surface area (Å²) in [6.07, 6.45) is 0. The molecule has 1 aromatic rings. The fourth-order valence-corrected chi connectivity index (χ4v) is 2.30. The van der Waals surface area contributed by atoms with Gasteiger partial charge < -0.3 is 10.2 Å². The third-order valence-electron chi connectivity index (χ3n) is 3.35. The molecule has 0 atom stereocenters. The molecule has 1 saturated heterocycles. The first-order valence-electron chi connectivity index (χ1n) is 6.24. The van der Waals surface area contributed by atoms with Crippen LogP contribution in [0, 0.1) is 6.92 Å². The molecular weight excluding hydrogens is 196 g/mol. The largest absolute Gasteiger partial charge is 0.369 e. The van der Waals surface area contributed by atoms with Crippen molar-refractivity contribution < 1.29 is 0 Å². The van der Waals surface area contributed by atoms with Crippen molar-refractivity contribution in [1.82, 2.24) is 5.32 Å². The van der Waals surface area contributed by atoms with Crippen molar-refractivity contribution in [3.8, 4) is 0 Å². The van der Waals surface area contributed by atoms with Gasteiger partial charge in [0.15, 0.2) is 0 Å². The van der Waals surface area contributed by atoms with E-state index in [1.807, 2.05) is 0 Å². The number of hydrogen-bond donors (Lipinski definition) is 1. The third-order valence-corrected chi connectivity index (χ3v) is 3.35. The van der Waals surface area contributed by atoms with Crippen molar-refractivity contribution in [3.63, 3.8) is 0 Å². The van der Waals surface area contributed by atoms with Gasteiger partial charge in [0.1, 0.15) is 0 Å². The Morgan fingerprint density at radius 3 is 2.44 bits per heavy atom. The van der Waals surface area contributed by atoms with Gasteiger partial charge in [-0.25, -0.2) is 0 Å². The molecule has 0 aromatic heterocycles. The maximum absolute atomic E-state index is 3.39. The van der Waals surface area contributed by atoms with Crippen molar-refractivity contribution in [2.45, 2.75) is 26.7 Å². The molecule has 0 spiro atoms. The molecule has 1 N–H and O–H groups in total. The van der Waals surface area contributed by atoms with Crippen LogP contribution in [-0.2, 0) is 0 Å². The van der Waals surface area contributed by atoms with Crippen LogP contribution in [0.3, 0.4) is 0 Å². The van der Waals surface area contributed by atoms with Crippen LogP contribution in [-0.4, -0.2) is 26.2 Å². The maximum Gasteiger partial charge on any atom is 0.0397 e. The van der Waals surface area contributed by atoms with E-state index >= 15 is 0 Å². The van der Waals surface area contributed by atoms with Gasteiger partial charge in [-0.1, -0.05) is 26.0 Å². The van der Waals surface area contributed by atoms with Crippen LogP contribution in [0.25, 0.3) is 0 Å². The molecule has 16 heavy (non-hydrogen) atoms. The van der Waals surface area contributed by atoms with E-state index in [4.69, 9.17) is 0 Å². The molecular formula is C14H22N2. The van der Waals surface area contributed by atoms with Crippen LogP contribution in [0.15, 0.2) is 18.2 Å². The molecule has 0 bridgehead atoms. The van der Waals surface area contributed by atoms with Crippen molar-refractivity contribution in [1.29, 1.82) is 0 Å². The predicted octanol–water partition coefficient (Wildman–Crippen LogP) is 2.53. The molecule has 0 unspecified atom stereocenters. The number of nitrogens with one attached hydrogen (secondary N) is 1. The number of benzene rings is 1. The first-order valence-corrected chi connectivity index (χ1v) is 6.24.